The topological polar surface area (TPSA) is 23.5 Å². The lowest BCUT2D eigenvalue weighted by atomic mass is 10.1. The molecule has 1 N–H and O–H groups in total. The molecule has 4 heteroatoms. The average molecular weight is 278 g/mol. The molecule has 98 valence electrons. The molecule has 0 bridgehead atoms. The van der Waals surface area contributed by atoms with Gasteiger partial charge in [0.1, 0.15) is 5.82 Å². The molecule has 1 aliphatic rings. The lowest BCUT2D eigenvalue weighted by molar-refractivity contribution is 0.282. The summed E-state index contributed by atoms with van der Waals surface area (Å²) in [5, 5.41) is 9.66. The van der Waals surface area contributed by atoms with Crippen LogP contribution in [0.2, 0.25) is 5.02 Å². The second-order valence-electron chi connectivity index (χ2n) is 4.62. The van der Waals surface area contributed by atoms with Gasteiger partial charge in [-0.25, -0.2) is 4.39 Å². The summed E-state index contributed by atoms with van der Waals surface area (Å²) in [5.74, 6) is -0.242. The fourth-order valence-electron chi connectivity index (χ4n) is 2.47. The Balaban J connectivity index is 2.04. The Morgan fingerprint density at radius 2 is 2.00 bits per heavy atom. The Hall–Kier alpha value is -1.58. The smallest absolute Gasteiger partial charge is 0.125 e. The summed E-state index contributed by atoms with van der Waals surface area (Å²) < 4.78 is 13.4. The van der Waals surface area contributed by atoms with Crippen LogP contribution in [0.15, 0.2) is 36.4 Å². The van der Waals surface area contributed by atoms with Crippen molar-refractivity contribution in [2.75, 3.05) is 11.4 Å². The second-order valence-corrected chi connectivity index (χ2v) is 5.03. The van der Waals surface area contributed by atoms with Crippen molar-refractivity contribution >= 4 is 23.0 Å². The van der Waals surface area contributed by atoms with E-state index in [-0.39, 0.29) is 12.4 Å². The lowest BCUT2D eigenvalue weighted by Gasteiger charge is -2.21. The number of rotatable bonds is 2. The molecule has 0 radical (unpaired) electrons. The predicted molar refractivity (Wildman–Crippen MR) is 74.5 cm³/mol. The van der Waals surface area contributed by atoms with Crippen LogP contribution in [-0.2, 0) is 13.0 Å². The number of benzene rings is 2. The second kappa shape index (κ2) is 4.83. The predicted octanol–water partition coefficient (Wildman–Crippen LogP) is 3.67. The van der Waals surface area contributed by atoms with Crippen molar-refractivity contribution < 1.29 is 9.50 Å². The standard InChI is InChI=1S/C15H13ClFNO/c16-13-7-10(9-19)1-4-14(13)18-6-5-11-2-3-12(17)8-15(11)18/h1-4,7-8,19H,5-6,9H2. The number of halogens is 2. The van der Waals surface area contributed by atoms with Crippen LogP contribution in [0.25, 0.3) is 0 Å². The molecule has 3 rings (SSSR count). The minimum atomic E-state index is -0.242. The van der Waals surface area contributed by atoms with E-state index in [9.17, 15) is 4.39 Å². The van der Waals surface area contributed by atoms with Gasteiger partial charge in [0.25, 0.3) is 0 Å². The van der Waals surface area contributed by atoms with E-state index >= 15 is 0 Å². The van der Waals surface area contributed by atoms with Crippen molar-refractivity contribution in [3.8, 4) is 0 Å². The van der Waals surface area contributed by atoms with E-state index in [2.05, 4.69) is 0 Å². The van der Waals surface area contributed by atoms with Gasteiger partial charge in [0.2, 0.25) is 0 Å². The van der Waals surface area contributed by atoms with Crippen molar-refractivity contribution in [3.63, 3.8) is 0 Å². The van der Waals surface area contributed by atoms with Crippen LogP contribution < -0.4 is 4.90 Å². The minimum absolute atomic E-state index is 0.0365. The van der Waals surface area contributed by atoms with Gasteiger partial charge in [-0.2, -0.15) is 0 Å². The van der Waals surface area contributed by atoms with Crippen molar-refractivity contribution in [1.29, 1.82) is 0 Å². The average Bonchev–Trinajstić information content (AvgIpc) is 2.81. The molecule has 2 aromatic carbocycles. The van der Waals surface area contributed by atoms with Crippen LogP contribution in [0, 0.1) is 5.82 Å². The number of anilines is 2. The van der Waals surface area contributed by atoms with Crippen LogP contribution in [0.5, 0.6) is 0 Å². The van der Waals surface area contributed by atoms with Crippen molar-refractivity contribution in [1.82, 2.24) is 0 Å². The molecule has 2 nitrogen and oxygen atoms in total. The highest BCUT2D eigenvalue weighted by molar-refractivity contribution is 6.33. The van der Waals surface area contributed by atoms with Crippen LogP contribution >= 0.6 is 11.6 Å². The first-order valence-corrected chi connectivity index (χ1v) is 6.52. The van der Waals surface area contributed by atoms with Gasteiger partial charge in [0.05, 0.1) is 17.3 Å². The molecule has 1 aliphatic heterocycles. The highest BCUT2D eigenvalue weighted by Gasteiger charge is 2.22. The summed E-state index contributed by atoms with van der Waals surface area (Å²) in [4.78, 5) is 2.02. The maximum absolute atomic E-state index is 13.4. The largest absolute Gasteiger partial charge is 0.392 e. The molecule has 0 aliphatic carbocycles. The normalized spacial score (nSPS) is 13.7. The Morgan fingerprint density at radius 3 is 2.74 bits per heavy atom. The molecule has 0 spiro atoms. The summed E-state index contributed by atoms with van der Waals surface area (Å²) >= 11 is 6.25. The molecule has 0 saturated heterocycles. The van der Waals surface area contributed by atoms with E-state index in [1.807, 2.05) is 23.1 Å². The summed E-state index contributed by atoms with van der Waals surface area (Å²) in [7, 11) is 0. The third-order valence-corrected chi connectivity index (χ3v) is 3.73. The van der Waals surface area contributed by atoms with Crippen molar-refractivity contribution in [2.24, 2.45) is 0 Å². The quantitative estimate of drug-likeness (QED) is 0.905. The third kappa shape index (κ3) is 2.20. The molecule has 0 fully saturated rings. The van der Waals surface area contributed by atoms with Crippen LogP contribution in [0.1, 0.15) is 11.1 Å². The minimum Gasteiger partial charge on any atom is -0.392 e. The first kappa shape index (κ1) is 12.5. The van der Waals surface area contributed by atoms with Gasteiger partial charge < -0.3 is 10.0 Å². The number of nitrogens with zero attached hydrogens (tertiary/aromatic N) is 1. The zero-order valence-electron chi connectivity index (χ0n) is 10.2. The molecule has 0 aromatic heterocycles. The highest BCUT2D eigenvalue weighted by Crippen LogP contribution is 2.38. The fraction of sp³-hybridized carbons (Fsp3) is 0.200. The Bertz CT molecular complexity index is 630. The summed E-state index contributed by atoms with van der Waals surface area (Å²) in [6, 6.07) is 10.3. The van der Waals surface area contributed by atoms with Gasteiger partial charge in [-0.3, -0.25) is 0 Å². The number of aliphatic hydroxyl groups is 1. The van der Waals surface area contributed by atoms with E-state index < -0.39 is 0 Å². The molecule has 0 amide bonds. The molecule has 1 heterocycles. The Kier molecular flexibility index (Phi) is 3.17. The van der Waals surface area contributed by atoms with Gasteiger partial charge in [-0.05, 0) is 41.8 Å². The monoisotopic (exact) mass is 277 g/mol. The van der Waals surface area contributed by atoms with E-state index in [0.29, 0.717) is 5.02 Å². The van der Waals surface area contributed by atoms with Gasteiger partial charge in [0.15, 0.2) is 0 Å². The number of aliphatic hydroxyl groups excluding tert-OH is 1. The van der Waals surface area contributed by atoms with Crippen LogP contribution in [-0.4, -0.2) is 11.7 Å². The maximum atomic E-state index is 13.4. The molecule has 0 atom stereocenters. The molecule has 2 aromatic rings. The van der Waals surface area contributed by atoms with Gasteiger partial charge in [-0.1, -0.05) is 23.7 Å². The van der Waals surface area contributed by atoms with Gasteiger partial charge in [-0.15, -0.1) is 0 Å². The van der Waals surface area contributed by atoms with E-state index in [0.717, 1.165) is 35.5 Å². The molecule has 19 heavy (non-hydrogen) atoms. The summed E-state index contributed by atoms with van der Waals surface area (Å²) in [6.07, 6.45) is 0.883. The summed E-state index contributed by atoms with van der Waals surface area (Å²) in [5.41, 5.74) is 3.62. The fourth-order valence-corrected chi connectivity index (χ4v) is 2.78. The maximum Gasteiger partial charge on any atom is 0.125 e. The first-order chi connectivity index (χ1) is 9.19. The van der Waals surface area contributed by atoms with Crippen molar-refractivity contribution in [3.05, 3.63) is 58.4 Å². The van der Waals surface area contributed by atoms with Crippen LogP contribution in [0.4, 0.5) is 15.8 Å². The number of hydrogen-bond acceptors (Lipinski definition) is 2. The third-order valence-electron chi connectivity index (χ3n) is 3.43. The van der Waals surface area contributed by atoms with E-state index in [4.69, 9.17) is 16.7 Å². The lowest BCUT2D eigenvalue weighted by Crippen LogP contribution is -2.14. The zero-order valence-corrected chi connectivity index (χ0v) is 11.0. The first-order valence-electron chi connectivity index (χ1n) is 6.14. The summed E-state index contributed by atoms with van der Waals surface area (Å²) in [6.45, 7) is 0.752. The highest BCUT2D eigenvalue weighted by atomic mass is 35.5. The molecular weight excluding hydrogens is 265 g/mol. The Labute approximate surface area is 116 Å². The van der Waals surface area contributed by atoms with Crippen molar-refractivity contribution in [2.45, 2.75) is 13.0 Å². The van der Waals surface area contributed by atoms with Gasteiger partial charge >= 0.3 is 0 Å². The zero-order chi connectivity index (χ0) is 13.4. The van der Waals surface area contributed by atoms with E-state index in [1.54, 1.807) is 12.1 Å². The molecule has 0 saturated carbocycles. The van der Waals surface area contributed by atoms with E-state index in [1.165, 1.54) is 6.07 Å². The number of fused-ring (bicyclic) bond motifs is 1. The SMILES string of the molecule is OCc1ccc(N2CCc3ccc(F)cc32)c(Cl)c1. The molecular formula is C15H13ClFNO. The Morgan fingerprint density at radius 1 is 1.16 bits per heavy atom. The van der Waals surface area contributed by atoms with Gasteiger partial charge in [0, 0.05) is 12.2 Å². The van der Waals surface area contributed by atoms with Crippen LogP contribution in [0.3, 0.4) is 0 Å². The number of hydrogen-bond donors (Lipinski definition) is 1. The molecule has 0 unspecified atom stereocenters.